The second-order valence-electron chi connectivity index (χ2n) is 9.24. The fourth-order valence-corrected chi connectivity index (χ4v) is 5.33. The Hall–Kier alpha value is -3.98. The van der Waals surface area contributed by atoms with Crippen LogP contribution in [0.25, 0.3) is 0 Å². The maximum absolute atomic E-state index is 12.7. The standard InChI is InChI=1S/C26H23ClN4O5/c1-35-20-4-2-3-17(23(20)27)29-25(34)31-26-12-16(26)22(26)15-11-13(5-7-18(15)32)36-19-9-10-28-24-14(19)6-8-21(33)30-24/h2-5,7,9-11,16,22,32H,6,8,12H2,1H3,(H,28,30,33)(H2,29,31,34)/t16-,22+,26-/m0/s1. The third kappa shape index (κ3) is 3.76. The summed E-state index contributed by atoms with van der Waals surface area (Å²) < 4.78 is 11.3. The number of hydrogen-bond donors (Lipinski definition) is 4. The normalized spacial score (nSPS) is 23.0. The van der Waals surface area contributed by atoms with Gasteiger partial charge in [0, 0.05) is 29.7 Å². The van der Waals surface area contributed by atoms with E-state index in [1.54, 1.807) is 48.7 Å². The van der Waals surface area contributed by atoms with E-state index in [0.29, 0.717) is 46.6 Å². The number of anilines is 2. The van der Waals surface area contributed by atoms with Crippen LogP contribution in [0.5, 0.6) is 23.0 Å². The summed E-state index contributed by atoms with van der Waals surface area (Å²) in [7, 11) is 1.51. The second kappa shape index (κ2) is 8.30. The van der Waals surface area contributed by atoms with Gasteiger partial charge in [-0.3, -0.25) is 4.79 Å². The molecular formula is C26H23ClN4O5. The number of aromatic nitrogens is 1. The number of urea groups is 1. The number of rotatable bonds is 6. The molecule has 184 valence electrons. The number of aromatic hydroxyl groups is 1. The number of hydrogen-bond acceptors (Lipinski definition) is 6. The summed E-state index contributed by atoms with van der Waals surface area (Å²) in [5, 5.41) is 19.5. The lowest BCUT2D eigenvalue weighted by Crippen LogP contribution is -2.36. The minimum Gasteiger partial charge on any atom is -0.508 e. The summed E-state index contributed by atoms with van der Waals surface area (Å²) in [6.07, 6.45) is 3.33. The van der Waals surface area contributed by atoms with Crippen molar-refractivity contribution in [2.45, 2.75) is 30.7 Å². The van der Waals surface area contributed by atoms with Gasteiger partial charge in [-0.1, -0.05) is 17.7 Å². The van der Waals surface area contributed by atoms with E-state index < -0.39 is 5.54 Å². The Morgan fingerprint density at radius 2 is 2.08 bits per heavy atom. The number of fused-ring (bicyclic) bond motifs is 2. The van der Waals surface area contributed by atoms with Crippen molar-refractivity contribution in [3.63, 3.8) is 0 Å². The SMILES string of the molecule is COc1cccc(NC(=O)N[C@@]23C[C@H]2[C@H]3c2cc(Oc3ccnc4c3CCC(=O)N4)ccc2O)c1Cl. The molecular weight excluding hydrogens is 484 g/mol. The van der Waals surface area contributed by atoms with Crippen LogP contribution in [0.3, 0.4) is 0 Å². The van der Waals surface area contributed by atoms with Crippen molar-refractivity contribution in [2.24, 2.45) is 5.92 Å². The number of phenolic OH excluding ortho intramolecular Hbond substituents is 1. The molecule has 9 nitrogen and oxygen atoms in total. The first-order chi connectivity index (χ1) is 17.4. The number of ether oxygens (including phenoxy) is 2. The molecule has 2 fully saturated rings. The van der Waals surface area contributed by atoms with Gasteiger partial charge in [-0.25, -0.2) is 9.78 Å². The van der Waals surface area contributed by atoms with Gasteiger partial charge in [0.2, 0.25) is 5.91 Å². The van der Waals surface area contributed by atoms with Crippen molar-refractivity contribution in [3.8, 4) is 23.0 Å². The molecule has 36 heavy (non-hydrogen) atoms. The maximum Gasteiger partial charge on any atom is 0.319 e. The molecule has 10 heteroatoms. The predicted molar refractivity (Wildman–Crippen MR) is 133 cm³/mol. The topological polar surface area (TPSA) is 122 Å². The summed E-state index contributed by atoms with van der Waals surface area (Å²) in [4.78, 5) is 28.6. The van der Waals surface area contributed by atoms with E-state index >= 15 is 0 Å². The highest BCUT2D eigenvalue weighted by Crippen LogP contribution is 2.77. The van der Waals surface area contributed by atoms with Crippen molar-refractivity contribution < 1.29 is 24.2 Å². The quantitative estimate of drug-likeness (QED) is 0.381. The number of phenols is 1. The minimum absolute atomic E-state index is 0.0155. The van der Waals surface area contributed by atoms with E-state index in [1.165, 1.54) is 7.11 Å². The first kappa shape index (κ1) is 22.5. The maximum atomic E-state index is 12.7. The molecule has 3 amide bonds. The van der Waals surface area contributed by atoms with Crippen LogP contribution in [-0.2, 0) is 11.2 Å². The van der Waals surface area contributed by atoms with Crippen molar-refractivity contribution in [3.05, 3.63) is 64.8 Å². The zero-order chi connectivity index (χ0) is 25.0. The van der Waals surface area contributed by atoms with Crippen molar-refractivity contribution in [1.29, 1.82) is 0 Å². The number of nitrogens with zero attached hydrogens (tertiary/aromatic N) is 1. The van der Waals surface area contributed by atoms with E-state index in [1.807, 2.05) is 0 Å². The van der Waals surface area contributed by atoms with Gasteiger partial charge in [-0.2, -0.15) is 0 Å². The molecule has 1 aliphatic heterocycles. The fraction of sp³-hybridized carbons (Fsp3) is 0.269. The number of carbonyl (C=O) groups is 2. The first-order valence-corrected chi connectivity index (χ1v) is 12.0. The van der Waals surface area contributed by atoms with Gasteiger partial charge in [-0.15, -0.1) is 0 Å². The molecule has 3 aromatic rings. The number of carbonyl (C=O) groups excluding carboxylic acids is 2. The monoisotopic (exact) mass is 506 g/mol. The van der Waals surface area contributed by atoms with Crippen molar-refractivity contribution in [1.82, 2.24) is 10.3 Å². The second-order valence-corrected chi connectivity index (χ2v) is 9.61. The van der Waals surface area contributed by atoms with E-state index in [9.17, 15) is 14.7 Å². The molecule has 0 unspecified atom stereocenters. The number of benzene rings is 2. The van der Waals surface area contributed by atoms with Gasteiger partial charge in [0.15, 0.2) is 0 Å². The molecule has 4 N–H and O–H groups in total. The van der Waals surface area contributed by atoms with Crippen LogP contribution in [-0.4, -0.2) is 34.7 Å². The van der Waals surface area contributed by atoms with Gasteiger partial charge < -0.3 is 30.5 Å². The van der Waals surface area contributed by atoms with Gasteiger partial charge in [0.05, 0.1) is 18.3 Å². The lowest BCUT2D eigenvalue weighted by molar-refractivity contribution is -0.116. The number of nitrogens with one attached hydrogen (secondary N) is 3. The van der Waals surface area contributed by atoms with Gasteiger partial charge >= 0.3 is 6.03 Å². The number of methoxy groups -OCH3 is 1. The molecule has 2 aliphatic carbocycles. The fourth-order valence-electron chi connectivity index (χ4n) is 5.08. The van der Waals surface area contributed by atoms with Gasteiger partial charge in [0.1, 0.15) is 33.8 Å². The lowest BCUT2D eigenvalue weighted by Gasteiger charge is -2.20. The van der Waals surface area contributed by atoms with E-state index in [4.69, 9.17) is 21.1 Å². The molecule has 0 bridgehead atoms. The first-order valence-electron chi connectivity index (χ1n) is 11.6. The summed E-state index contributed by atoms with van der Waals surface area (Å²) in [5.41, 5.74) is 1.62. The highest BCUT2D eigenvalue weighted by molar-refractivity contribution is 6.35. The molecule has 0 spiro atoms. The smallest absolute Gasteiger partial charge is 0.319 e. The zero-order valence-electron chi connectivity index (χ0n) is 19.3. The Kier molecular flexibility index (Phi) is 5.19. The molecule has 0 saturated heterocycles. The number of amides is 3. The van der Waals surface area contributed by atoms with E-state index in [-0.39, 0.29) is 29.5 Å². The van der Waals surface area contributed by atoms with Gasteiger partial charge in [-0.05, 0) is 55.2 Å². The highest BCUT2D eigenvalue weighted by atomic mass is 35.5. The summed E-state index contributed by atoms with van der Waals surface area (Å²) in [5.74, 6) is 2.47. The third-order valence-electron chi connectivity index (χ3n) is 7.12. The average Bonchev–Trinajstić information content (AvgIpc) is 3.72. The largest absolute Gasteiger partial charge is 0.508 e. The molecule has 0 radical (unpaired) electrons. The number of pyridine rings is 1. The summed E-state index contributed by atoms with van der Waals surface area (Å²) in [6, 6.07) is 11.7. The molecule has 2 heterocycles. The van der Waals surface area contributed by atoms with E-state index in [0.717, 1.165) is 17.5 Å². The molecule has 6 rings (SSSR count). The van der Waals surface area contributed by atoms with Crippen molar-refractivity contribution >= 4 is 35.0 Å². The Morgan fingerprint density at radius 1 is 1.22 bits per heavy atom. The molecule has 1 aromatic heterocycles. The number of halogens is 1. The van der Waals surface area contributed by atoms with Crippen molar-refractivity contribution in [2.75, 3.05) is 17.7 Å². The van der Waals surface area contributed by atoms with Crippen LogP contribution in [0.2, 0.25) is 5.02 Å². The third-order valence-corrected chi connectivity index (χ3v) is 7.51. The van der Waals surface area contributed by atoms with Crippen LogP contribution >= 0.6 is 11.6 Å². The van der Waals surface area contributed by atoms with Crippen LogP contribution in [0, 0.1) is 5.92 Å². The van der Waals surface area contributed by atoms with Crippen LogP contribution in [0.1, 0.15) is 29.9 Å². The summed E-state index contributed by atoms with van der Waals surface area (Å²) >= 11 is 6.29. The van der Waals surface area contributed by atoms with Gasteiger partial charge in [0.25, 0.3) is 0 Å². The molecule has 2 saturated carbocycles. The Balaban J connectivity index is 1.17. The minimum atomic E-state index is -0.397. The predicted octanol–water partition coefficient (Wildman–Crippen LogP) is 4.80. The summed E-state index contributed by atoms with van der Waals surface area (Å²) in [6.45, 7) is 0. The Labute approximate surface area is 211 Å². The van der Waals surface area contributed by atoms with Crippen LogP contribution in [0.15, 0.2) is 48.7 Å². The van der Waals surface area contributed by atoms with Crippen LogP contribution in [0.4, 0.5) is 16.3 Å². The molecule has 2 aromatic carbocycles. The Morgan fingerprint density at radius 3 is 2.89 bits per heavy atom. The highest BCUT2D eigenvalue weighted by Gasteiger charge is 2.80. The molecule has 3 aliphatic rings. The Bertz CT molecular complexity index is 1410. The van der Waals surface area contributed by atoms with E-state index in [2.05, 4.69) is 20.9 Å². The molecule has 3 atom stereocenters. The zero-order valence-corrected chi connectivity index (χ0v) is 20.1. The van der Waals surface area contributed by atoms with Crippen LogP contribution < -0.4 is 25.4 Å². The lowest BCUT2D eigenvalue weighted by atomic mass is 9.99. The average molecular weight is 507 g/mol.